The molecule has 0 spiro atoms. The first-order chi connectivity index (χ1) is 47.9. The summed E-state index contributed by atoms with van der Waals surface area (Å²) in [5, 5.41) is 2.35. The van der Waals surface area contributed by atoms with Crippen LogP contribution in [0.25, 0.3) is 118 Å². The Hall–Kier alpha value is -12.5. The van der Waals surface area contributed by atoms with Crippen LogP contribution >= 0.6 is 0 Å². The molecule has 0 amide bonds. The average molecular weight is 1240 g/mol. The lowest BCUT2D eigenvalue weighted by molar-refractivity contribution is 0.661. The number of para-hydroxylation sites is 4. The molecule has 0 unspecified atom stereocenters. The highest BCUT2D eigenvalue weighted by Gasteiger charge is 2.43. The van der Waals surface area contributed by atoms with Gasteiger partial charge in [-0.1, -0.05) is 238 Å². The van der Waals surface area contributed by atoms with E-state index < -0.39 is 0 Å². The summed E-state index contributed by atoms with van der Waals surface area (Å²) in [6.45, 7) is 4.78. The van der Waals surface area contributed by atoms with E-state index in [4.69, 9.17) is 19.9 Å². The van der Waals surface area contributed by atoms with Gasteiger partial charge in [-0.2, -0.15) is 0 Å². The van der Waals surface area contributed by atoms with E-state index in [2.05, 4.69) is 344 Å². The number of fused-ring (bicyclic) bond motifs is 10. The van der Waals surface area contributed by atoms with Gasteiger partial charge in [0.15, 0.2) is 11.6 Å². The minimum atomic E-state index is -0.226. The number of rotatable bonds is 10. The predicted octanol–water partition coefficient (Wildman–Crippen LogP) is 20.4. The largest absolute Gasteiger partial charge is 0.311 e. The van der Waals surface area contributed by atoms with Crippen LogP contribution in [0.15, 0.2) is 328 Å². The summed E-state index contributed by atoms with van der Waals surface area (Å²) < 4.78 is 2.44. The Bertz CT molecular complexity index is 5750. The molecule has 2 aliphatic heterocycles. The van der Waals surface area contributed by atoms with Crippen LogP contribution in [-0.4, -0.2) is 31.2 Å². The van der Waals surface area contributed by atoms with Crippen molar-refractivity contribution < 1.29 is 0 Å². The zero-order valence-corrected chi connectivity index (χ0v) is 53.4. The maximum atomic E-state index is 5.74. The Labute approximate surface area is 563 Å². The Morgan fingerprint density at radius 1 is 0.278 bits per heavy atom. The van der Waals surface area contributed by atoms with Gasteiger partial charge in [-0.05, 0) is 153 Å². The minimum absolute atomic E-state index is 0.0668. The maximum absolute atomic E-state index is 5.74. The molecule has 8 heteroatoms. The van der Waals surface area contributed by atoms with E-state index >= 15 is 0 Å². The molecule has 3 aromatic heterocycles. The molecule has 19 rings (SSSR count). The van der Waals surface area contributed by atoms with Gasteiger partial charge in [-0.3, -0.25) is 0 Å². The van der Waals surface area contributed by atoms with Crippen molar-refractivity contribution in [2.75, 3.05) is 9.80 Å². The van der Waals surface area contributed by atoms with Crippen molar-refractivity contribution >= 4 is 79.0 Å². The standard InChI is InChI=1S/C89H60BN7/c1-89(2)71-37-17-15-35-66(71)68-53-69-67-36-16-20-40-79(67)97(85(69)54-72(68)89)80-50-47-63(87-91-75(58-25-7-3-8-26-58)55-76(92-87)59-27-9-4-10-28-59)52-70(80)88-93-77(60-29-11-5-12-30-60)56-78(94-88)62-32-23-31-61(51-62)57-45-48-65(49-46-57)96-82-42-22-19-39-74(82)90-73-38-18-21-41-81(73)95(64-33-13-6-14-34-64)83-43-24-44-84(96)86(83)90/h3-56H,1-2H3. The second kappa shape index (κ2) is 22.3. The Morgan fingerprint density at radius 3 is 1.40 bits per heavy atom. The normalized spacial score (nSPS) is 13.1. The molecular formula is C89H60BN7. The molecule has 0 N–H and O–H groups in total. The molecule has 3 aliphatic rings. The molecule has 0 saturated carbocycles. The number of benzene rings is 13. The second-order valence-electron chi connectivity index (χ2n) is 26.1. The van der Waals surface area contributed by atoms with Gasteiger partial charge in [0, 0.05) is 83.7 Å². The lowest BCUT2D eigenvalue weighted by atomic mass is 9.33. The van der Waals surface area contributed by atoms with E-state index in [9.17, 15) is 0 Å². The third-order valence-electron chi connectivity index (χ3n) is 20.2. The van der Waals surface area contributed by atoms with Crippen molar-refractivity contribution in [3.63, 3.8) is 0 Å². The van der Waals surface area contributed by atoms with E-state index in [-0.39, 0.29) is 12.1 Å². The first-order valence-electron chi connectivity index (χ1n) is 33.3. The number of hydrogen-bond donors (Lipinski definition) is 0. The van der Waals surface area contributed by atoms with Crippen LogP contribution in [0.5, 0.6) is 0 Å². The third-order valence-corrected chi connectivity index (χ3v) is 20.2. The lowest BCUT2D eigenvalue weighted by Crippen LogP contribution is -2.61. The smallest absolute Gasteiger partial charge is 0.252 e. The highest BCUT2D eigenvalue weighted by atomic mass is 15.2. The monoisotopic (exact) mass is 1240 g/mol. The number of aromatic nitrogens is 5. The fraction of sp³-hybridized carbons (Fsp3) is 0.0337. The SMILES string of the molecule is CC1(C)c2ccccc2-c2cc3c4ccccc4n(-c4ccc(-c5nc(-c6ccccc6)cc(-c6ccccc6)n5)cc4-c4nc(-c5ccccc5)cc(-c5cccc(-c6ccc(N7c8ccccc8B8c9ccccc9N(c9ccccc9)c9cccc7c98)cc6)c5)n4)c3cc21. The lowest BCUT2D eigenvalue weighted by Gasteiger charge is -2.44. The quantitative estimate of drug-likeness (QED) is 0.127. The van der Waals surface area contributed by atoms with Gasteiger partial charge in [0.2, 0.25) is 0 Å². The van der Waals surface area contributed by atoms with E-state index in [1.807, 2.05) is 12.1 Å². The molecule has 0 atom stereocenters. The zero-order valence-electron chi connectivity index (χ0n) is 53.4. The molecule has 1 aliphatic carbocycles. The van der Waals surface area contributed by atoms with Gasteiger partial charge >= 0.3 is 0 Å². The zero-order chi connectivity index (χ0) is 64.3. The van der Waals surface area contributed by atoms with Crippen LogP contribution in [0, 0.1) is 0 Å². The molecule has 0 bridgehead atoms. The summed E-state index contributed by atoms with van der Waals surface area (Å²) >= 11 is 0. The van der Waals surface area contributed by atoms with E-state index in [0.717, 1.165) is 95.4 Å². The van der Waals surface area contributed by atoms with Gasteiger partial charge in [0.05, 0.1) is 39.5 Å². The fourth-order valence-corrected chi connectivity index (χ4v) is 15.7. The summed E-state index contributed by atoms with van der Waals surface area (Å²) in [6.07, 6.45) is 0. The predicted molar refractivity (Wildman–Crippen MR) is 402 cm³/mol. The summed E-state index contributed by atoms with van der Waals surface area (Å²) in [7, 11) is 0. The van der Waals surface area contributed by atoms with E-state index in [0.29, 0.717) is 11.6 Å². The second-order valence-corrected chi connectivity index (χ2v) is 26.1. The van der Waals surface area contributed by atoms with Crippen molar-refractivity contribution in [1.82, 2.24) is 24.5 Å². The number of anilines is 6. The van der Waals surface area contributed by atoms with E-state index in [1.165, 1.54) is 72.2 Å². The Morgan fingerprint density at radius 2 is 0.763 bits per heavy atom. The highest BCUT2D eigenvalue weighted by Crippen LogP contribution is 2.52. The summed E-state index contributed by atoms with van der Waals surface area (Å²) in [5.41, 5.74) is 30.1. The van der Waals surface area contributed by atoms with Crippen LogP contribution in [0.4, 0.5) is 34.1 Å². The molecule has 16 aromatic rings. The van der Waals surface area contributed by atoms with Gasteiger partial charge in [-0.25, -0.2) is 19.9 Å². The van der Waals surface area contributed by atoms with Crippen LogP contribution in [0.3, 0.4) is 0 Å². The average Bonchev–Trinajstić information content (AvgIpc) is 1.05. The van der Waals surface area contributed by atoms with Crippen molar-refractivity contribution in [3.05, 3.63) is 339 Å². The van der Waals surface area contributed by atoms with Gasteiger partial charge in [0.25, 0.3) is 6.71 Å². The van der Waals surface area contributed by atoms with Crippen molar-refractivity contribution in [2.45, 2.75) is 19.3 Å². The minimum Gasteiger partial charge on any atom is -0.311 e. The number of nitrogens with zero attached hydrogens (tertiary/aromatic N) is 7. The molecule has 97 heavy (non-hydrogen) atoms. The molecule has 0 fully saturated rings. The first kappa shape index (κ1) is 56.1. The topological polar surface area (TPSA) is 63.0 Å². The van der Waals surface area contributed by atoms with Gasteiger partial charge in [-0.15, -0.1) is 0 Å². The third kappa shape index (κ3) is 9.12. The van der Waals surface area contributed by atoms with Crippen molar-refractivity contribution in [3.8, 4) is 95.7 Å². The molecule has 5 heterocycles. The molecule has 0 saturated heterocycles. The summed E-state index contributed by atoms with van der Waals surface area (Å²) in [4.78, 5) is 27.1. The van der Waals surface area contributed by atoms with Crippen LogP contribution in [0.1, 0.15) is 25.0 Å². The molecular weight excluding hydrogens is 1180 g/mol. The van der Waals surface area contributed by atoms with Crippen LogP contribution in [-0.2, 0) is 5.41 Å². The number of hydrogen-bond acceptors (Lipinski definition) is 6. The Kier molecular flexibility index (Phi) is 12.9. The fourth-order valence-electron chi connectivity index (χ4n) is 15.7. The van der Waals surface area contributed by atoms with E-state index in [1.54, 1.807) is 0 Å². The highest BCUT2D eigenvalue weighted by molar-refractivity contribution is 7.00. The molecule has 13 aromatic carbocycles. The summed E-state index contributed by atoms with van der Waals surface area (Å²) in [6, 6.07) is 118. The van der Waals surface area contributed by atoms with Crippen LogP contribution in [0.2, 0.25) is 0 Å². The molecule has 454 valence electrons. The van der Waals surface area contributed by atoms with Crippen molar-refractivity contribution in [1.29, 1.82) is 0 Å². The van der Waals surface area contributed by atoms with Crippen LogP contribution < -0.4 is 26.2 Å². The molecule has 7 nitrogen and oxygen atoms in total. The molecule has 0 radical (unpaired) electrons. The van der Waals surface area contributed by atoms with Gasteiger partial charge < -0.3 is 14.4 Å². The maximum Gasteiger partial charge on any atom is 0.252 e. The van der Waals surface area contributed by atoms with Crippen molar-refractivity contribution in [2.24, 2.45) is 0 Å². The first-order valence-corrected chi connectivity index (χ1v) is 33.3. The van der Waals surface area contributed by atoms with Gasteiger partial charge in [0.1, 0.15) is 0 Å². The Balaban J connectivity index is 0.773. The summed E-state index contributed by atoms with van der Waals surface area (Å²) in [5.74, 6) is 1.18.